The number of hydrogen-bond donors (Lipinski definition) is 1. The van der Waals surface area contributed by atoms with Crippen molar-refractivity contribution in [3.05, 3.63) is 28.0 Å². The van der Waals surface area contributed by atoms with Crippen molar-refractivity contribution in [3.8, 4) is 11.8 Å². The Labute approximate surface area is 115 Å². The molecule has 0 aromatic heterocycles. The van der Waals surface area contributed by atoms with Crippen LogP contribution in [0.15, 0.2) is 16.6 Å². The van der Waals surface area contributed by atoms with Gasteiger partial charge in [-0.1, -0.05) is 13.8 Å². The Kier molecular flexibility index (Phi) is 6.10. The van der Waals surface area contributed by atoms with Crippen molar-refractivity contribution in [1.29, 1.82) is 5.26 Å². The van der Waals surface area contributed by atoms with Crippen LogP contribution in [-0.2, 0) is 0 Å². The van der Waals surface area contributed by atoms with Gasteiger partial charge < -0.3 is 10.1 Å². The zero-order valence-electron chi connectivity index (χ0n) is 10.5. The molecule has 0 aliphatic rings. The van der Waals surface area contributed by atoms with E-state index in [9.17, 15) is 4.39 Å². The van der Waals surface area contributed by atoms with Crippen LogP contribution in [0.2, 0.25) is 0 Å². The van der Waals surface area contributed by atoms with Gasteiger partial charge in [0.1, 0.15) is 6.07 Å². The molecule has 0 spiro atoms. The van der Waals surface area contributed by atoms with Crippen LogP contribution < -0.4 is 10.1 Å². The Morgan fingerprint density at radius 3 is 2.83 bits per heavy atom. The zero-order chi connectivity index (χ0) is 13.5. The number of nitrogens with one attached hydrogen (secondary N) is 1. The van der Waals surface area contributed by atoms with E-state index in [1.54, 1.807) is 0 Å². The van der Waals surface area contributed by atoms with Gasteiger partial charge in [-0.2, -0.15) is 5.26 Å². The van der Waals surface area contributed by atoms with E-state index in [4.69, 9.17) is 10.00 Å². The summed E-state index contributed by atoms with van der Waals surface area (Å²) in [4.78, 5) is 0. The van der Waals surface area contributed by atoms with Crippen LogP contribution in [0.4, 0.5) is 4.39 Å². The van der Waals surface area contributed by atoms with Gasteiger partial charge in [-0.25, -0.2) is 4.39 Å². The Morgan fingerprint density at radius 1 is 1.50 bits per heavy atom. The van der Waals surface area contributed by atoms with Gasteiger partial charge >= 0.3 is 0 Å². The second kappa shape index (κ2) is 7.34. The van der Waals surface area contributed by atoms with E-state index in [1.807, 2.05) is 6.07 Å². The minimum Gasteiger partial charge on any atom is -0.490 e. The Hall–Kier alpha value is -1.12. The molecule has 0 unspecified atom stereocenters. The minimum absolute atomic E-state index is 0.155. The third kappa shape index (κ3) is 4.28. The number of halogens is 2. The molecule has 0 radical (unpaired) electrons. The SMILES string of the molecule is CC(C)NCCCOc1ccc(C#N)c(Br)c1F. The maximum Gasteiger partial charge on any atom is 0.180 e. The summed E-state index contributed by atoms with van der Waals surface area (Å²) < 4.78 is 19.2. The molecule has 0 heterocycles. The fourth-order valence-electron chi connectivity index (χ4n) is 1.37. The highest BCUT2D eigenvalue weighted by molar-refractivity contribution is 9.10. The van der Waals surface area contributed by atoms with Crippen molar-refractivity contribution < 1.29 is 9.13 Å². The molecule has 0 aliphatic heterocycles. The van der Waals surface area contributed by atoms with Gasteiger partial charge in [0.15, 0.2) is 11.6 Å². The van der Waals surface area contributed by atoms with Crippen LogP contribution in [0.25, 0.3) is 0 Å². The largest absolute Gasteiger partial charge is 0.490 e. The van der Waals surface area contributed by atoms with Gasteiger partial charge in [-0.3, -0.25) is 0 Å². The summed E-state index contributed by atoms with van der Waals surface area (Å²) in [5.41, 5.74) is 0.265. The number of hydrogen-bond acceptors (Lipinski definition) is 3. The molecule has 1 aromatic carbocycles. The summed E-state index contributed by atoms with van der Waals surface area (Å²) in [7, 11) is 0. The van der Waals surface area contributed by atoms with E-state index < -0.39 is 5.82 Å². The van der Waals surface area contributed by atoms with Crippen LogP contribution in [0.1, 0.15) is 25.8 Å². The van der Waals surface area contributed by atoms with Crippen LogP contribution in [0, 0.1) is 17.1 Å². The third-order valence-electron chi connectivity index (χ3n) is 2.30. The van der Waals surface area contributed by atoms with E-state index in [0.29, 0.717) is 12.6 Å². The van der Waals surface area contributed by atoms with Gasteiger partial charge in [0, 0.05) is 6.04 Å². The van der Waals surface area contributed by atoms with E-state index in [1.165, 1.54) is 12.1 Å². The lowest BCUT2D eigenvalue weighted by atomic mass is 10.2. The number of nitrogens with zero attached hydrogens (tertiary/aromatic N) is 1. The fourth-order valence-corrected chi connectivity index (χ4v) is 1.79. The molecule has 98 valence electrons. The van der Waals surface area contributed by atoms with Crippen LogP contribution >= 0.6 is 15.9 Å². The van der Waals surface area contributed by atoms with Crippen molar-refractivity contribution in [2.75, 3.05) is 13.2 Å². The second-order valence-electron chi connectivity index (χ2n) is 4.16. The Morgan fingerprint density at radius 2 is 2.22 bits per heavy atom. The molecular weight excluding hydrogens is 299 g/mol. The minimum atomic E-state index is -0.522. The lowest BCUT2D eigenvalue weighted by Crippen LogP contribution is -2.24. The summed E-state index contributed by atoms with van der Waals surface area (Å²) in [5, 5.41) is 12.0. The first-order valence-corrected chi connectivity index (χ1v) is 6.59. The normalized spacial score (nSPS) is 10.4. The molecular formula is C13H16BrFN2O. The van der Waals surface area contributed by atoms with E-state index in [2.05, 4.69) is 35.1 Å². The van der Waals surface area contributed by atoms with Crippen LogP contribution in [-0.4, -0.2) is 19.2 Å². The number of rotatable bonds is 6. The molecule has 0 saturated carbocycles. The molecule has 3 nitrogen and oxygen atoms in total. The lowest BCUT2D eigenvalue weighted by molar-refractivity contribution is 0.291. The van der Waals surface area contributed by atoms with E-state index in [-0.39, 0.29) is 15.8 Å². The maximum absolute atomic E-state index is 13.7. The highest BCUT2D eigenvalue weighted by Crippen LogP contribution is 2.28. The van der Waals surface area contributed by atoms with Gasteiger partial charge in [0.25, 0.3) is 0 Å². The molecule has 0 amide bonds. The van der Waals surface area contributed by atoms with Gasteiger partial charge in [0.05, 0.1) is 16.6 Å². The van der Waals surface area contributed by atoms with Crippen molar-refractivity contribution in [2.24, 2.45) is 0 Å². The van der Waals surface area contributed by atoms with E-state index in [0.717, 1.165) is 13.0 Å². The van der Waals surface area contributed by atoms with Gasteiger partial charge in [-0.05, 0) is 41.0 Å². The second-order valence-corrected chi connectivity index (χ2v) is 4.95. The molecule has 0 atom stereocenters. The van der Waals surface area contributed by atoms with Gasteiger partial charge in [-0.15, -0.1) is 0 Å². The number of benzene rings is 1. The summed E-state index contributed by atoms with van der Waals surface area (Å²) in [5.74, 6) is -0.351. The summed E-state index contributed by atoms with van der Waals surface area (Å²) in [6.07, 6.45) is 0.801. The monoisotopic (exact) mass is 314 g/mol. The summed E-state index contributed by atoms with van der Waals surface area (Å²) in [6, 6.07) is 5.35. The molecule has 1 rings (SSSR count). The van der Waals surface area contributed by atoms with Crippen molar-refractivity contribution >= 4 is 15.9 Å². The first kappa shape index (κ1) is 14.9. The summed E-state index contributed by atoms with van der Waals surface area (Å²) >= 11 is 3.04. The van der Waals surface area contributed by atoms with Crippen molar-refractivity contribution in [2.45, 2.75) is 26.3 Å². The molecule has 0 saturated heterocycles. The molecule has 18 heavy (non-hydrogen) atoms. The molecule has 1 N–H and O–H groups in total. The fraction of sp³-hybridized carbons (Fsp3) is 0.462. The highest BCUT2D eigenvalue weighted by atomic mass is 79.9. The third-order valence-corrected chi connectivity index (χ3v) is 3.07. The maximum atomic E-state index is 13.7. The average molecular weight is 315 g/mol. The molecule has 0 aliphatic carbocycles. The Bertz CT molecular complexity index is 443. The molecule has 0 fully saturated rings. The van der Waals surface area contributed by atoms with Gasteiger partial charge in [0.2, 0.25) is 0 Å². The van der Waals surface area contributed by atoms with Crippen molar-refractivity contribution in [3.63, 3.8) is 0 Å². The quantitative estimate of drug-likeness (QED) is 0.820. The standard InChI is InChI=1S/C13H16BrFN2O/c1-9(2)17-6-3-7-18-11-5-4-10(8-16)12(14)13(11)15/h4-5,9,17H,3,6-7H2,1-2H3. The molecule has 1 aromatic rings. The highest BCUT2D eigenvalue weighted by Gasteiger charge is 2.11. The van der Waals surface area contributed by atoms with E-state index >= 15 is 0 Å². The summed E-state index contributed by atoms with van der Waals surface area (Å²) in [6.45, 7) is 5.40. The first-order chi connectivity index (χ1) is 8.56. The predicted octanol–water partition coefficient (Wildman–Crippen LogP) is 3.23. The predicted molar refractivity (Wildman–Crippen MR) is 72.1 cm³/mol. The number of ether oxygens (including phenoxy) is 1. The number of nitriles is 1. The van der Waals surface area contributed by atoms with Crippen LogP contribution in [0.5, 0.6) is 5.75 Å². The topological polar surface area (TPSA) is 45.0 Å². The average Bonchev–Trinajstić information content (AvgIpc) is 2.33. The lowest BCUT2D eigenvalue weighted by Gasteiger charge is -2.10. The zero-order valence-corrected chi connectivity index (χ0v) is 12.1. The van der Waals surface area contributed by atoms with Crippen LogP contribution in [0.3, 0.4) is 0 Å². The molecule has 0 bridgehead atoms. The Balaban J connectivity index is 2.49. The smallest absolute Gasteiger partial charge is 0.180 e. The van der Waals surface area contributed by atoms with Crippen molar-refractivity contribution in [1.82, 2.24) is 5.32 Å². The first-order valence-electron chi connectivity index (χ1n) is 5.80. The molecule has 5 heteroatoms.